The Bertz CT molecular complexity index is 1360. The summed E-state index contributed by atoms with van der Waals surface area (Å²) in [7, 11) is -2.35. The van der Waals surface area contributed by atoms with Gasteiger partial charge in [-0.1, -0.05) is 36.4 Å². The summed E-state index contributed by atoms with van der Waals surface area (Å²) in [6.45, 7) is -0.433. The van der Waals surface area contributed by atoms with Crippen LogP contribution in [0.5, 0.6) is 5.75 Å². The molecule has 3 atom stereocenters. The average molecular weight is 627 g/mol. The largest absolute Gasteiger partial charge is 0.447 e. The highest BCUT2D eigenvalue weighted by Gasteiger charge is 2.24. The molecule has 0 fully saturated rings. The van der Waals surface area contributed by atoms with Crippen molar-refractivity contribution in [2.45, 2.75) is 14.4 Å². The van der Waals surface area contributed by atoms with Gasteiger partial charge in [0.25, 0.3) is 10.0 Å². The predicted molar refractivity (Wildman–Crippen MR) is 142 cm³/mol. The molecule has 2 unspecified atom stereocenters. The van der Waals surface area contributed by atoms with E-state index >= 15 is 0 Å². The van der Waals surface area contributed by atoms with Crippen molar-refractivity contribution in [2.24, 2.45) is 0 Å². The number of aliphatic hydroxyl groups is 1. The molecule has 0 radical (unpaired) electrons. The molecule has 1 amide bonds. The van der Waals surface area contributed by atoms with Gasteiger partial charge in [0.1, 0.15) is 16.7 Å². The van der Waals surface area contributed by atoms with E-state index in [2.05, 4.69) is 10.0 Å². The van der Waals surface area contributed by atoms with Crippen molar-refractivity contribution in [1.82, 2.24) is 0 Å². The van der Waals surface area contributed by atoms with E-state index in [1.54, 1.807) is 30.3 Å². The second-order valence-electron chi connectivity index (χ2n) is 7.26. The van der Waals surface area contributed by atoms with Gasteiger partial charge in [0.15, 0.2) is 0 Å². The highest BCUT2D eigenvalue weighted by atomic mass is 127. The number of benzene rings is 3. The molecule has 0 bridgehead atoms. The Kier molecular flexibility index (Phi) is 8.66. The smallest absolute Gasteiger partial charge is 0.309 e. The van der Waals surface area contributed by atoms with Crippen LogP contribution in [0.2, 0.25) is 0 Å². The van der Waals surface area contributed by atoms with Crippen LogP contribution in [0.25, 0.3) is 0 Å². The van der Waals surface area contributed by atoms with Crippen LogP contribution < -0.4 is 14.8 Å². The minimum absolute atomic E-state index is 0.0903. The third-order valence-corrected chi connectivity index (χ3v) is 6.48. The highest BCUT2D eigenvalue weighted by Crippen LogP contribution is 2.33. The van der Waals surface area contributed by atoms with Gasteiger partial charge in [-0.15, -0.1) is 0 Å². The summed E-state index contributed by atoms with van der Waals surface area (Å²) in [5.74, 6) is -1.26. The predicted octanol–water partition coefficient (Wildman–Crippen LogP) is 4.34. The minimum atomic E-state index is -4.21. The Morgan fingerprint density at radius 3 is 2.49 bits per heavy atom. The summed E-state index contributed by atoms with van der Waals surface area (Å²) < 4.78 is 44.9. The fourth-order valence-corrected chi connectivity index (χ4v) is 4.75. The maximum Gasteiger partial charge on any atom is 0.309 e. The molecule has 0 aliphatic rings. The fraction of sp³-hybridized carbons (Fsp3) is 0.130. The van der Waals surface area contributed by atoms with Crippen molar-refractivity contribution >= 4 is 59.1 Å². The maximum atomic E-state index is 13.7. The number of nitriles is 1. The lowest BCUT2D eigenvalue weighted by molar-refractivity contribution is -0.118. The lowest BCUT2D eigenvalue weighted by Crippen LogP contribution is -2.24. The quantitative estimate of drug-likeness (QED) is 0.184. The number of halogens is 2. The number of sulfonamides is 1. The topological polar surface area (TPSA) is 129 Å². The van der Waals surface area contributed by atoms with Crippen LogP contribution in [0.3, 0.4) is 0 Å². The van der Waals surface area contributed by atoms with E-state index in [0.717, 1.165) is 0 Å². The van der Waals surface area contributed by atoms with E-state index in [0.29, 0.717) is 5.56 Å². The van der Waals surface area contributed by atoms with Crippen LogP contribution in [-0.4, -0.2) is 29.6 Å². The third kappa shape index (κ3) is 7.35. The molecular weight excluding hydrogens is 607 g/mol. The summed E-state index contributed by atoms with van der Waals surface area (Å²) in [6, 6.07) is 19.9. The van der Waals surface area contributed by atoms with E-state index in [9.17, 15) is 28.0 Å². The van der Waals surface area contributed by atoms with Crippen LogP contribution >= 0.6 is 31.8 Å². The van der Waals surface area contributed by atoms with Crippen molar-refractivity contribution < 1.29 is 27.4 Å². The van der Waals surface area contributed by atoms with Crippen LogP contribution in [0.15, 0.2) is 77.7 Å². The number of aliphatic hydroxyl groups excluding tert-OH is 1. The number of amides is 1. The number of carbonyl (C=O) groups excluding carboxylic acids is 1. The van der Waals surface area contributed by atoms with E-state index in [1.807, 2.05) is 15.3 Å². The number of anilines is 2. The molecular formula is C23H20FIN3O5PS. The molecule has 8 nitrogen and oxygen atoms in total. The van der Waals surface area contributed by atoms with E-state index in [1.165, 1.54) is 65.1 Å². The zero-order valence-electron chi connectivity index (χ0n) is 18.0. The van der Waals surface area contributed by atoms with Gasteiger partial charge in [0.05, 0.1) is 23.8 Å². The number of alkyl halides is 2. The molecule has 0 saturated carbocycles. The molecule has 3 rings (SSSR count). The monoisotopic (exact) mass is 627 g/mol. The van der Waals surface area contributed by atoms with Crippen LogP contribution in [-0.2, 0) is 14.8 Å². The first-order chi connectivity index (χ1) is 16.5. The van der Waals surface area contributed by atoms with Gasteiger partial charge < -0.3 is 15.2 Å². The van der Waals surface area contributed by atoms with Crippen LogP contribution in [0, 0.1) is 11.3 Å². The van der Waals surface area contributed by atoms with E-state index in [4.69, 9.17) is 4.74 Å². The molecule has 0 heterocycles. The number of hydrogen-bond donors (Lipinski definition) is 3. The summed E-state index contributed by atoms with van der Waals surface area (Å²) in [5, 5.41) is 21.8. The Labute approximate surface area is 217 Å². The van der Waals surface area contributed by atoms with Gasteiger partial charge in [0.2, 0.25) is 5.91 Å². The Morgan fingerprint density at radius 1 is 1.14 bits per heavy atom. The molecule has 0 saturated heterocycles. The van der Waals surface area contributed by atoms with Crippen molar-refractivity contribution in [1.29, 1.82) is 5.26 Å². The molecule has 0 aliphatic heterocycles. The first kappa shape index (κ1) is 26.8. The fourth-order valence-electron chi connectivity index (χ4n) is 3.17. The minimum Gasteiger partial charge on any atom is -0.447 e. The normalized spacial score (nSPS) is 13.7. The molecule has 3 aromatic rings. The van der Waals surface area contributed by atoms with E-state index in [-0.39, 0.29) is 27.6 Å². The van der Waals surface area contributed by atoms with Crippen LogP contribution in [0.1, 0.15) is 17.0 Å². The number of nitrogens with zero attached hydrogens (tertiary/aromatic N) is 1. The average Bonchev–Trinajstić information content (AvgIpc) is 2.79. The molecule has 12 heteroatoms. The van der Waals surface area contributed by atoms with Gasteiger partial charge >= 0.3 is 3.60 Å². The number of hydrogen-bond acceptors (Lipinski definition) is 6. The SMILES string of the molecule is N#Cc1cc(NC(=O)[C@@H](CO)c2ccccc2)ccc1S(=O)(=O)Nc1cccc(OC(F)(P)I)c1. The molecule has 3 aromatic carbocycles. The molecule has 0 spiro atoms. The van der Waals surface area contributed by atoms with Crippen LogP contribution in [0.4, 0.5) is 15.8 Å². The van der Waals surface area contributed by atoms with Gasteiger partial charge in [-0.3, -0.25) is 9.52 Å². The first-order valence-electron chi connectivity index (χ1n) is 10.0. The zero-order valence-corrected chi connectivity index (χ0v) is 22.1. The lowest BCUT2D eigenvalue weighted by Gasteiger charge is -2.17. The Hall–Kier alpha value is -2.78. The molecule has 182 valence electrons. The third-order valence-electron chi connectivity index (χ3n) is 4.70. The summed E-state index contributed by atoms with van der Waals surface area (Å²) >= 11 is 1.41. The first-order valence-corrected chi connectivity index (χ1v) is 13.2. The van der Waals surface area contributed by atoms with Crippen molar-refractivity contribution in [3.8, 4) is 11.8 Å². The second kappa shape index (κ2) is 11.3. The van der Waals surface area contributed by atoms with Gasteiger partial charge in [-0.25, -0.2) is 8.42 Å². The number of rotatable bonds is 9. The number of carbonyl (C=O) groups is 1. The van der Waals surface area contributed by atoms with Crippen molar-refractivity contribution in [2.75, 3.05) is 16.6 Å². The standard InChI is InChI=1S/C23H20FIN3O5PS/c24-23(25,34)33-19-8-4-7-18(12-19)28-35(31,32)21-10-9-17(11-16(21)13-26)27-22(30)20(14-29)15-5-2-1-3-6-15/h1-12,20,28-29H,14,34H2,(H,27,30)/t20-,23?/m0/s1. The summed E-state index contributed by atoms with van der Waals surface area (Å²) in [6.07, 6.45) is 0. The summed E-state index contributed by atoms with van der Waals surface area (Å²) in [4.78, 5) is 12.4. The van der Waals surface area contributed by atoms with Gasteiger partial charge in [-0.2, -0.15) is 9.65 Å². The van der Waals surface area contributed by atoms with Crippen molar-refractivity contribution in [3.63, 3.8) is 0 Å². The molecule has 0 aliphatic carbocycles. The maximum absolute atomic E-state index is 13.7. The highest BCUT2D eigenvalue weighted by molar-refractivity contribution is 14.1. The van der Waals surface area contributed by atoms with E-state index < -0.39 is 32.1 Å². The van der Waals surface area contributed by atoms with Gasteiger partial charge in [-0.05, 0) is 45.1 Å². The Morgan fingerprint density at radius 2 is 1.86 bits per heavy atom. The number of nitrogens with one attached hydrogen (secondary N) is 2. The second-order valence-corrected chi connectivity index (χ2v) is 12.3. The zero-order chi connectivity index (χ0) is 25.6. The molecule has 0 aromatic heterocycles. The summed E-state index contributed by atoms with van der Waals surface area (Å²) in [5.41, 5.74) is 0.694. The lowest BCUT2D eigenvalue weighted by atomic mass is 9.99. The van der Waals surface area contributed by atoms with Gasteiger partial charge in [0, 0.05) is 34.3 Å². The molecule has 35 heavy (non-hydrogen) atoms. The van der Waals surface area contributed by atoms with Crippen molar-refractivity contribution in [3.05, 3.63) is 83.9 Å². The Balaban J connectivity index is 1.82. The number of ether oxygens (including phenoxy) is 1. The molecule has 3 N–H and O–H groups in total.